The van der Waals surface area contributed by atoms with Gasteiger partial charge < -0.3 is 40.3 Å². The summed E-state index contributed by atoms with van der Waals surface area (Å²) in [6, 6.07) is 25.6. The lowest BCUT2D eigenvalue weighted by molar-refractivity contribution is -0.253. The van der Waals surface area contributed by atoms with Crippen molar-refractivity contribution in [3.05, 3.63) is 95.6 Å². The number of para-hydroxylation sites is 1. The van der Waals surface area contributed by atoms with Gasteiger partial charge in [-0.1, -0.05) is 61.0 Å². The number of amides is 3. The highest BCUT2D eigenvalue weighted by molar-refractivity contribution is 5.93. The molecule has 3 atom stereocenters. The van der Waals surface area contributed by atoms with Crippen molar-refractivity contribution < 1.29 is 29.0 Å². The van der Waals surface area contributed by atoms with Crippen molar-refractivity contribution in [2.45, 2.75) is 82.5 Å². The Labute approximate surface area is 294 Å². The molecule has 11 heteroatoms. The molecule has 3 aliphatic rings. The Morgan fingerprint density at radius 1 is 0.920 bits per heavy atom. The zero-order chi connectivity index (χ0) is 34.9. The number of nitrogens with one attached hydrogen (secondary N) is 3. The Bertz CT molecular complexity index is 1580. The summed E-state index contributed by atoms with van der Waals surface area (Å²) < 4.78 is 13.2. The van der Waals surface area contributed by atoms with Crippen molar-refractivity contribution in [1.29, 1.82) is 0 Å². The van der Waals surface area contributed by atoms with E-state index in [4.69, 9.17) is 9.47 Å². The quantitative estimate of drug-likeness (QED) is 0.189. The number of carbonyl (C=O) groups is 3. The van der Waals surface area contributed by atoms with Crippen LogP contribution in [0.15, 0.2) is 78.9 Å². The van der Waals surface area contributed by atoms with Crippen molar-refractivity contribution >= 4 is 29.1 Å². The van der Waals surface area contributed by atoms with Gasteiger partial charge in [0.05, 0.1) is 25.5 Å². The molecule has 0 bridgehead atoms. The molecule has 3 amide bonds. The molecule has 0 saturated carbocycles. The molecule has 0 aliphatic carbocycles. The molecule has 266 valence electrons. The molecule has 3 aromatic carbocycles. The van der Waals surface area contributed by atoms with E-state index in [-0.39, 0.29) is 36.5 Å². The van der Waals surface area contributed by atoms with E-state index in [1.54, 1.807) is 0 Å². The van der Waals surface area contributed by atoms with Crippen LogP contribution in [0.3, 0.4) is 0 Å². The number of nitrogens with zero attached hydrogens (tertiary/aromatic N) is 2. The lowest BCUT2D eigenvalue weighted by Gasteiger charge is -2.45. The Kier molecular flexibility index (Phi) is 11.8. The van der Waals surface area contributed by atoms with E-state index in [1.807, 2.05) is 66.7 Å². The van der Waals surface area contributed by atoms with Crippen LogP contribution in [0.2, 0.25) is 0 Å². The average Bonchev–Trinajstić information content (AvgIpc) is 3.45. The van der Waals surface area contributed by atoms with Gasteiger partial charge in [-0.05, 0) is 61.1 Å². The molecule has 6 rings (SSSR count). The van der Waals surface area contributed by atoms with Gasteiger partial charge in [0.2, 0.25) is 17.7 Å². The van der Waals surface area contributed by atoms with Gasteiger partial charge in [0.25, 0.3) is 0 Å². The number of aliphatic hydroxyl groups is 1. The first-order valence-electron chi connectivity index (χ1n) is 17.8. The van der Waals surface area contributed by atoms with Gasteiger partial charge in [-0.3, -0.25) is 14.4 Å². The van der Waals surface area contributed by atoms with Crippen molar-refractivity contribution in [1.82, 2.24) is 15.5 Å². The van der Waals surface area contributed by atoms with Crippen LogP contribution in [-0.2, 0) is 30.5 Å². The minimum atomic E-state index is -0.602. The van der Waals surface area contributed by atoms with E-state index >= 15 is 0 Å². The van der Waals surface area contributed by atoms with Gasteiger partial charge in [-0.15, -0.1) is 0 Å². The summed E-state index contributed by atoms with van der Waals surface area (Å²) in [5.74, 6) is 0.0249. The normalized spacial score (nSPS) is 21.9. The van der Waals surface area contributed by atoms with Gasteiger partial charge >= 0.3 is 0 Å². The highest BCUT2D eigenvalue weighted by Crippen LogP contribution is 2.40. The van der Waals surface area contributed by atoms with Crippen LogP contribution in [0.1, 0.15) is 81.0 Å². The summed E-state index contributed by atoms with van der Waals surface area (Å²) in [4.78, 5) is 41.4. The maximum Gasteiger partial charge on any atom is 0.247 e. The molecule has 3 aromatic rings. The fourth-order valence-corrected chi connectivity index (χ4v) is 7.26. The van der Waals surface area contributed by atoms with Crippen molar-refractivity contribution in [2.24, 2.45) is 0 Å². The number of unbranched alkanes of at least 4 members (excludes halogenated alkanes) is 2. The van der Waals surface area contributed by atoms with Gasteiger partial charge in [0.1, 0.15) is 5.54 Å². The molecule has 4 N–H and O–H groups in total. The molecule has 50 heavy (non-hydrogen) atoms. The van der Waals surface area contributed by atoms with E-state index in [2.05, 4.69) is 37.9 Å². The maximum absolute atomic E-state index is 13.2. The smallest absolute Gasteiger partial charge is 0.247 e. The zero-order valence-corrected chi connectivity index (χ0v) is 28.8. The first kappa shape index (κ1) is 35.5. The van der Waals surface area contributed by atoms with Crippen LogP contribution in [0.4, 0.5) is 11.4 Å². The molecule has 3 saturated heterocycles. The molecule has 1 spiro atoms. The third-order valence-electron chi connectivity index (χ3n) is 10.1. The minimum absolute atomic E-state index is 0.0160. The average molecular weight is 684 g/mol. The highest BCUT2D eigenvalue weighted by Gasteiger charge is 2.50. The molecule has 3 heterocycles. The lowest BCUT2D eigenvalue weighted by Crippen LogP contribution is -2.57. The molecule has 3 fully saturated rings. The fourth-order valence-electron chi connectivity index (χ4n) is 7.26. The third-order valence-corrected chi connectivity index (χ3v) is 10.1. The van der Waals surface area contributed by atoms with Crippen LogP contribution in [0, 0.1) is 0 Å². The second-order valence-corrected chi connectivity index (χ2v) is 13.6. The Morgan fingerprint density at radius 2 is 1.64 bits per heavy atom. The number of piperidine rings is 1. The topological polar surface area (TPSA) is 132 Å². The van der Waals surface area contributed by atoms with E-state index in [1.165, 1.54) is 6.92 Å². The van der Waals surface area contributed by atoms with Crippen molar-refractivity contribution in [3.8, 4) is 0 Å². The predicted molar refractivity (Wildman–Crippen MR) is 191 cm³/mol. The van der Waals surface area contributed by atoms with Gasteiger partial charge in [-0.25, -0.2) is 0 Å². The third kappa shape index (κ3) is 8.70. The summed E-state index contributed by atoms with van der Waals surface area (Å²) in [5.41, 5.74) is 3.97. The summed E-state index contributed by atoms with van der Waals surface area (Å²) in [6.07, 6.45) is 4.11. The van der Waals surface area contributed by atoms with Gasteiger partial charge in [0.15, 0.2) is 6.29 Å². The summed E-state index contributed by atoms with van der Waals surface area (Å²) in [5, 5.41) is 18.4. The molecular weight excluding hydrogens is 634 g/mol. The Morgan fingerprint density at radius 3 is 2.34 bits per heavy atom. The summed E-state index contributed by atoms with van der Waals surface area (Å²) in [6.45, 7) is 4.91. The number of hydrogen-bond donors (Lipinski definition) is 4. The largest absolute Gasteiger partial charge is 0.392 e. The summed E-state index contributed by atoms with van der Waals surface area (Å²) in [7, 11) is 0. The standard InChI is InChI=1S/C39H49N5O6/c1-28(46)40-21-7-3-6-10-36(47)42-32-17-15-31(16-18-32)37-49-34(24-35(50-37)30-13-11-29(26-45)12-14-30)25-43-22-19-39(20-23-43)38(48)41-27-44(39)33-8-4-2-5-9-33/h2,4-5,8-9,11-18,34-35,37,45H,3,6-7,10,19-27H2,1H3,(H,40,46)(H,41,48)(H,42,47). The minimum Gasteiger partial charge on any atom is -0.392 e. The van der Waals surface area contributed by atoms with Crippen molar-refractivity contribution in [3.63, 3.8) is 0 Å². The molecule has 3 aliphatic heterocycles. The zero-order valence-electron chi connectivity index (χ0n) is 28.8. The number of benzene rings is 3. The van der Waals surface area contributed by atoms with Crippen LogP contribution < -0.4 is 20.9 Å². The second-order valence-electron chi connectivity index (χ2n) is 13.6. The number of carbonyl (C=O) groups excluding carboxylic acids is 3. The number of anilines is 2. The Balaban J connectivity index is 1.08. The van der Waals surface area contributed by atoms with Crippen LogP contribution in [-0.4, -0.2) is 72.2 Å². The Hall–Kier alpha value is -4.29. The highest BCUT2D eigenvalue weighted by atomic mass is 16.7. The molecule has 3 unspecified atom stereocenters. The van der Waals surface area contributed by atoms with Crippen molar-refractivity contribution in [2.75, 3.05) is 43.1 Å². The van der Waals surface area contributed by atoms with Crippen LogP contribution >= 0.6 is 0 Å². The fraction of sp³-hybridized carbons (Fsp3) is 0.462. The van der Waals surface area contributed by atoms with E-state index in [9.17, 15) is 19.5 Å². The molecule has 0 aromatic heterocycles. The van der Waals surface area contributed by atoms with E-state index in [0.717, 1.165) is 67.6 Å². The van der Waals surface area contributed by atoms with Gasteiger partial charge in [-0.2, -0.15) is 0 Å². The van der Waals surface area contributed by atoms with Gasteiger partial charge in [0, 0.05) is 62.9 Å². The second kappa shape index (κ2) is 16.6. The number of hydrogen-bond acceptors (Lipinski definition) is 8. The lowest BCUT2D eigenvalue weighted by atomic mass is 9.85. The van der Waals surface area contributed by atoms with E-state index < -0.39 is 11.8 Å². The predicted octanol–water partition coefficient (Wildman–Crippen LogP) is 4.79. The van der Waals surface area contributed by atoms with Crippen LogP contribution in [0.25, 0.3) is 0 Å². The SMILES string of the molecule is CC(=O)NCCCCCC(=O)Nc1ccc(C2OC(CN3CCC4(CC3)C(=O)NCN4c3ccccc3)CC(c3ccc(CO)cc3)O2)cc1. The molecule has 11 nitrogen and oxygen atoms in total. The monoisotopic (exact) mass is 683 g/mol. The first-order valence-corrected chi connectivity index (χ1v) is 17.8. The molecule has 0 radical (unpaired) electrons. The summed E-state index contributed by atoms with van der Waals surface area (Å²) >= 11 is 0. The van der Waals surface area contributed by atoms with E-state index in [0.29, 0.717) is 38.3 Å². The first-order chi connectivity index (χ1) is 24.3. The number of ether oxygens (including phenoxy) is 2. The molecular formula is C39H49N5O6. The maximum atomic E-state index is 13.2. The number of aliphatic hydroxyl groups excluding tert-OH is 1. The number of likely N-dealkylation sites (tertiary alicyclic amines) is 1. The van der Waals surface area contributed by atoms with Crippen LogP contribution in [0.5, 0.6) is 0 Å². The number of rotatable bonds is 13.